The molecule has 200 valence electrons. The summed E-state index contributed by atoms with van der Waals surface area (Å²) >= 11 is 0. The minimum atomic E-state index is -0.239. The van der Waals surface area contributed by atoms with Crippen LogP contribution in [0.2, 0.25) is 0 Å². The molecule has 2 N–H and O–H groups in total. The Hall–Kier alpha value is -3.59. The number of aromatic amines is 1. The van der Waals surface area contributed by atoms with Crippen LogP contribution in [0.5, 0.6) is 11.5 Å². The van der Waals surface area contributed by atoms with Crippen LogP contribution in [-0.2, 0) is 4.79 Å². The zero-order valence-corrected chi connectivity index (χ0v) is 21.8. The van der Waals surface area contributed by atoms with Gasteiger partial charge in [0.2, 0.25) is 5.91 Å². The third-order valence-corrected chi connectivity index (χ3v) is 8.32. The molecule has 4 bridgehead atoms. The molecular formula is C29H35N5O4. The number of benzene rings is 2. The lowest BCUT2D eigenvalue weighted by molar-refractivity contribution is -0.122. The summed E-state index contributed by atoms with van der Waals surface area (Å²) in [5.74, 6) is 1.50. The van der Waals surface area contributed by atoms with Crippen LogP contribution < -0.4 is 14.8 Å². The van der Waals surface area contributed by atoms with Crippen LogP contribution in [0.25, 0.3) is 10.9 Å². The molecule has 1 aromatic heterocycles. The van der Waals surface area contributed by atoms with E-state index in [1.54, 1.807) is 12.0 Å². The van der Waals surface area contributed by atoms with Crippen molar-refractivity contribution >= 4 is 22.7 Å². The van der Waals surface area contributed by atoms with Crippen LogP contribution in [0.4, 0.5) is 0 Å². The zero-order chi connectivity index (χ0) is 26.1. The number of nitrogens with zero attached hydrogens (tertiary/aromatic N) is 3. The van der Waals surface area contributed by atoms with Crippen LogP contribution in [0.15, 0.2) is 42.5 Å². The Bertz CT molecular complexity index is 1320. The van der Waals surface area contributed by atoms with Crippen molar-refractivity contribution in [1.82, 2.24) is 25.3 Å². The molecule has 2 amide bonds. The van der Waals surface area contributed by atoms with Crippen LogP contribution in [-0.4, -0.2) is 77.7 Å². The van der Waals surface area contributed by atoms with Crippen molar-refractivity contribution in [2.45, 2.75) is 44.2 Å². The summed E-state index contributed by atoms with van der Waals surface area (Å²) < 4.78 is 11.8. The number of aromatic nitrogens is 2. The van der Waals surface area contributed by atoms with Gasteiger partial charge in [-0.25, -0.2) is 0 Å². The molecule has 4 heterocycles. The topological polar surface area (TPSA) is 99.8 Å². The molecule has 0 aliphatic carbocycles. The van der Waals surface area contributed by atoms with Gasteiger partial charge in [-0.2, -0.15) is 5.10 Å². The minimum Gasteiger partial charge on any atom is -0.493 e. The van der Waals surface area contributed by atoms with Crippen molar-refractivity contribution in [1.29, 1.82) is 0 Å². The molecule has 0 saturated carbocycles. The fourth-order valence-corrected chi connectivity index (χ4v) is 6.44. The first kappa shape index (κ1) is 24.7. The van der Waals surface area contributed by atoms with Gasteiger partial charge in [0.1, 0.15) is 0 Å². The molecule has 9 heteroatoms. The summed E-state index contributed by atoms with van der Waals surface area (Å²) in [7, 11) is 1.67. The molecule has 2 fully saturated rings. The Morgan fingerprint density at radius 3 is 2.92 bits per heavy atom. The number of methoxy groups -OCH3 is 1. The highest BCUT2D eigenvalue weighted by molar-refractivity contribution is 6.05. The average molecular weight is 518 g/mol. The van der Waals surface area contributed by atoms with Gasteiger partial charge in [0.05, 0.1) is 25.8 Å². The van der Waals surface area contributed by atoms with Gasteiger partial charge in [-0.1, -0.05) is 24.3 Å². The number of amides is 2. The van der Waals surface area contributed by atoms with Gasteiger partial charge in [-0.15, -0.1) is 0 Å². The van der Waals surface area contributed by atoms with Crippen LogP contribution in [0.1, 0.15) is 54.2 Å². The number of nitrogens with one attached hydrogen (secondary N) is 2. The van der Waals surface area contributed by atoms with Crippen molar-refractivity contribution in [3.63, 3.8) is 0 Å². The second kappa shape index (κ2) is 10.6. The van der Waals surface area contributed by atoms with Crippen LogP contribution in [0, 0.1) is 5.92 Å². The van der Waals surface area contributed by atoms with Gasteiger partial charge in [-0.05, 0) is 68.3 Å². The number of fused-ring (bicyclic) bond motifs is 9. The average Bonchev–Trinajstić information content (AvgIpc) is 3.66. The number of para-hydroxylation sites is 1. The van der Waals surface area contributed by atoms with Crippen LogP contribution in [0.3, 0.4) is 0 Å². The van der Waals surface area contributed by atoms with E-state index in [2.05, 4.69) is 32.5 Å². The summed E-state index contributed by atoms with van der Waals surface area (Å²) in [6, 6.07) is 14.6. The normalized spacial score (nSPS) is 24.6. The molecule has 3 aliphatic heterocycles. The van der Waals surface area contributed by atoms with Crippen molar-refractivity contribution in [3.8, 4) is 11.5 Å². The molecule has 0 unspecified atom stereocenters. The van der Waals surface area contributed by atoms with Gasteiger partial charge in [0.25, 0.3) is 5.91 Å². The van der Waals surface area contributed by atoms with Gasteiger partial charge >= 0.3 is 0 Å². The van der Waals surface area contributed by atoms with E-state index < -0.39 is 0 Å². The van der Waals surface area contributed by atoms with Gasteiger partial charge in [0.15, 0.2) is 17.2 Å². The molecule has 0 radical (unpaired) electrons. The van der Waals surface area contributed by atoms with Crippen molar-refractivity contribution < 1.29 is 19.1 Å². The summed E-state index contributed by atoms with van der Waals surface area (Å²) in [5.41, 5.74) is 2.40. The molecule has 2 saturated heterocycles. The Morgan fingerprint density at radius 2 is 2.03 bits per heavy atom. The Labute approximate surface area is 222 Å². The van der Waals surface area contributed by atoms with E-state index in [-0.39, 0.29) is 18.4 Å². The van der Waals surface area contributed by atoms with E-state index in [1.807, 2.05) is 30.3 Å². The highest BCUT2D eigenvalue weighted by atomic mass is 16.5. The fraction of sp³-hybridized carbons (Fsp3) is 0.483. The highest BCUT2D eigenvalue weighted by Gasteiger charge is 2.44. The number of H-pyrrole nitrogens is 1. The van der Waals surface area contributed by atoms with Crippen LogP contribution >= 0.6 is 0 Å². The number of ether oxygens (including phenoxy) is 2. The minimum absolute atomic E-state index is 0.0122. The standard InChI is InChI=1S/C29H35N5O4/c1-37-25-11-10-19-16-26(25)38-14-5-4-12-33(29(36)28-21-7-2-3-8-22(21)31-32-28)18-27(35)30-17-20-15-24(19)34-13-6-9-23(20)34/h2-3,7-8,10-11,16,20,23-24H,4-6,9,12-15,17-18H2,1H3,(H,30,35)(H,31,32)/t20-,23+,24-/m1/s1. The first-order valence-electron chi connectivity index (χ1n) is 13.7. The number of hydrogen-bond acceptors (Lipinski definition) is 6. The molecule has 2 aromatic carbocycles. The van der Waals surface area contributed by atoms with E-state index in [4.69, 9.17) is 9.47 Å². The van der Waals surface area contributed by atoms with E-state index in [0.29, 0.717) is 49.8 Å². The first-order chi connectivity index (χ1) is 18.6. The fourth-order valence-electron chi connectivity index (χ4n) is 6.44. The maximum Gasteiger partial charge on any atom is 0.275 e. The number of carbonyl (C=O) groups excluding carboxylic acids is 2. The predicted molar refractivity (Wildman–Crippen MR) is 143 cm³/mol. The second-order valence-electron chi connectivity index (χ2n) is 10.6. The quantitative estimate of drug-likeness (QED) is 0.540. The number of hydrogen-bond donors (Lipinski definition) is 2. The van der Waals surface area contributed by atoms with Crippen molar-refractivity contribution in [2.24, 2.45) is 5.92 Å². The van der Waals surface area contributed by atoms with Gasteiger partial charge in [-0.3, -0.25) is 19.6 Å². The third-order valence-electron chi connectivity index (χ3n) is 8.32. The van der Waals surface area contributed by atoms with Crippen molar-refractivity contribution in [2.75, 3.05) is 39.9 Å². The Kier molecular flexibility index (Phi) is 6.93. The Balaban J connectivity index is 1.25. The molecule has 38 heavy (non-hydrogen) atoms. The molecule has 0 spiro atoms. The lowest BCUT2D eigenvalue weighted by Gasteiger charge is -2.25. The summed E-state index contributed by atoms with van der Waals surface area (Å²) in [5, 5.41) is 11.1. The van der Waals surface area contributed by atoms with E-state index in [0.717, 1.165) is 48.2 Å². The molecular weight excluding hydrogens is 482 g/mol. The summed E-state index contributed by atoms with van der Waals surface area (Å²) in [6.07, 6.45) is 4.74. The molecule has 3 aliphatic rings. The van der Waals surface area contributed by atoms with Gasteiger partial charge in [0, 0.05) is 30.6 Å². The van der Waals surface area contributed by atoms with Gasteiger partial charge < -0.3 is 19.7 Å². The SMILES string of the molecule is COc1ccc2cc1OCCCCN(C(=O)c1n[nH]c3ccccc13)CC(=O)NC[C@H]1C[C@H]2N2CCC[C@@H]12. The number of rotatable bonds is 2. The van der Waals surface area contributed by atoms with Crippen molar-refractivity contribution in [3.05, 3.63) is 53.7 Å². The lowest BCUT2D eigenvalue weighted by Crippen LogP contribution is -2.43. The maximum absolute atomic E-state index is 13.5. The predicted octanol–water partition coefficient (Wildman–Crippen LogP) is 3.53. The van der Waals surface area contributed by atoms with E-state index in [1.165, 1.54) is 12.0 Å². The molecule has 3 aromatic rings. The lowest BCUT2D eigenvalue weighted by atomic mass is 9.94. The summed E-state index contributed by atoms with van der Waals surface area (Å²) in [6.45, 7) is 2.64. The molecule has 6 rings (SSSR count). The zero-order valence-electron chi connectivity index (χ0n) is 21.8. The highest BCUT2D eigenvalue weighted by Crippen LogP contribution is 2.46. The molecule has 9 nitrogen and oxygen atoms in total. The third kappa shape index (κ3) is 4.71. The largest absolute Gasteiger partial charge is 0.493 e. The first-order valence-corrected chi connectivity index (χ1v) is 13.7. The molecule has 3 atom stereocenters. The smallest absolute Gasteiger partial charge is 0.275 e. The summed E-state index contributed by atoms with van der Waals surface area (Å²) in [4.78, 5) is 30.9. The number of carbonyl (C=O) groups is 2. The van der Waals surface area contributed by atoms with E-state index in [9.17, 15) is 9.59 Å². The maximum atomic E-state index is 13.5. The Morgan fingerprint density at radius 1 is 1.13 bits per heavy atom. The van der Waals surface area contributed by atoms with E-state index >= 15 is 0 Å². The monoisotopic (exact) mass is 517 g/mol. The second-order valence-corrected chi connectivity index (χ2v) is 10.6.